The van der Waals surface area contributed by atoms with E-state index in [1.807, 2.05) is 0 Å². The van der Waals surface area contributed by atoms with E-state index in [0.717, 1.165) is 44.9 Å². The lowest BCUT2D eigenvalue weighted by Crippen LogP contribution is -2.47. The van der Waals surface area contributed by atoms with E-state index in [4.69, 9.17) is 0 Å². The largest absolute Gasteiger partial charge is 0.416 e. The molecule has 0 bridgehead atoms. The maximum atomic E-state index is 13.2. The second-order valence-corrected chi connectivity index (χ2v) is 7.31. The van der Waals surface area contributed by atoms with Gasteiger partial charge in [0.2, 0.25) is 0 Å². The molecule has 0 aliphatic carbocycles. The average molecular weight is 403 g/mol. The van der Waals surface area contributed by atoms with Crippen molar-refractivity contribution in [2.24, 2.45) is 10.9 Å². The summed E-state index contributed by atoms with van der Waals surface area (Å²) in [4.78, 5) is 8.77. The maximum absolute atomic E-state index is 13.2. The van der Waals surface area contributed by atoms with Crippen molar-refractivity contribution in [2.45, 2.75) is 19.6 Å². The molecule has 1 heterocycles. The summed E-state index contributed by atoms with van der Waals surface area (Å²) in [5.41, 5.74) is -0.999. The Labute approximate surface area is 163 Å². The van der Waals surface area contributed by atoms with Crippen molar-refractivity contribution >= 4 is 5.96 Å². The predicted octanol–water partition coefficient (Wildman–Crippen LogP) is 2.39. The second kappa shape index (κ2) is 10.1. The van der Waals surface area contributed by atoms with Crippen molar-refractivity contribution in [3.05, 3.63) is 35.1 Å². The van der Waals surface area contributed by atoms with Gasteiger partial charge in [0, 0.05) is 52.9 Å². The first kappa shape index (κ1) is 22.4. The van der Waals surface area contributed by atoms with Crippen LogP contribution < -0.4 is 10.6 Å². The minimum Gasteiger partial charge on any atom is -0.356 e. The van der Waals surface area contributed by atoms with Gasteiger partial charge in [-0.1, -0.05) is 13.0 Å². The Kier molecular flexibility index (Phi) is 8.06. The van der Waals surface area contributed by atoms with Crippen molar-refractivity contribution in [3.63, 3.8) is 0 Å². The molecule has 0 aromatic heterocycles. The fourth-order valence-corrected chi connectivity index (χ4v) is 3.17. The number of halogens is 4. The van der Waals surface area contributed by atoms with Crippen LogP contribution in [0.15, 0.2) is 23.2 Å². The molecule has 5 nitrogen and oxygen atoms in total. The Balaban J connectivity index is 1.83. The first-order valence-corrected chi connectivity index (χ1v) is 9.40. The molecule has 1 aliphatic heterocycles. The van der Waals surface area contributed by atoms with Gasteiger partial charge in [0.25, 0.3) is 0 Å². The van der Waals surface area contributed by atoms with E-state index in [-0.39, 0.29) is 12.1 Å². The van der Waals surface area contributed by atoms with Crippen LogP contribution in [0.4, 0.5) is 17.6 Å². The number of likely N-dealkylation sites (N-methyl/N-ethyl adjacent to an activating group) is 1. The number of aliphatic imine (C=N–C) groups is 1. The molecule has 2 N–H and O–H groups in total. The van der Waals surface area contributed by atoms with E-state index in [1.54, 1.807) is 7.05 Å². The van der Waals surface area contributed by atoms with Crippen LogP contribution in [-0.2, 0) is 12.7 Å². The fourth-order valence-electron chi connectivity index (χ4n) is 3.17. The highest BCUT2D eigenvalue weighted by atomic mass is 19.4. The standard InChI is InChI=1S/C19H29F4N5/c1-14(13-28-8-6-27(3)7-9-28)11-25-18(24-2)26-12-15-4-5-16(20)10-17(15)19(21,22)23/h4-5,10,14H,6-9,11-13H2,1-3H3,(H2,24,25,26). The lowest BCUT2D eigenvalue weighted by atomic mass is 10.1. The summed E-state index contributed by atoms with van der Waals surface area (Å²) in [6.45, 7) is 7.83. The number of rotatable bonds is 6. The molecular formula is C19H29F4N5. The predicted molar refractivity (Wildman–Crippen MR) is 103 cm³/mol. The van der Waals surface area contributed by atoms with Gasteiger partial charge < -0.3 is 20.4 Å². The van der Waals surface area contributed by atoms with Crippen LogP contribution in [-0.4, -0.2) is 69.1 Å². The van der Waals surface area contributed by atoms with Gasteiger partial charge in [-0.25, -0.2) is 4.39 Å². The lowest BCUT2D eigenvalue weighted by Gasteiger charge is -2.34. The normalized spacial score (nSPS) is 18.2. The molecule has 0 amide bonds. The van der Waals surface area contributed by atoms with Crippen molar-refractivity contribution in [2.75, 3.05) is 53.4 Å². The molecule has 1 atom stereocenters. The molecule has 2 rings (SSSR count). The topological polar surface area (TPSA) is 42.9 Å². The summed E-state index contributed by atoms with van der Waals surface area (Å²) in [6, 6.07) is 2.69. The van der Waals surface area contributed by atoms with Gasteiger partial charge in [-0.2, -0.15) is 13.2 Å². The number of nitrogens with one attached hydrogen (secondary N) is 2. The van der Waals surface area contributed by atoms with Crippen LogP contribution in [0, 0.1) is 11.7 Å². The maximum Gasteiger partial charge on any atom is 0.416 e. The summed E-state index contributed by atoms with van der Waals surface area (Å²) in [6.07, 6.45) is -4.60. The molecule has 1 saturated heterocycles. The summed E-state index contributed by atoms with van der Waals surface area (Å²) >= 11 is 0. The average Bonchev–Trinajstić information content (AvgIpc) is 2.64. The lowest BCUT2D eigenvalue weighted by molar-refractivity contribution is -0.138. The number of alkyl halides is 3. The van der Waals surface area contributed by atoms with Gasteiger partial charge in [0.15, 0.2) is 5.96 Å². The summed E-state index contributed by atoms with van der Waals surface area (Å²) in [5.74, 6) is -0.127. The Bertz CT molecular complexity index is 654. The number of nitrogens with zero attached hydrogens (tertiary/aromatic N) is 3. The minimum absolute atomic E-state index is 0.0256. The zero-order valence-electron chi connectivity index (χ0n) is 16.6. The van der Waals surface area contributed by atoms with Crippen LogP contribution >= 0.6 is 0 Å². The van der Waals surface area contributed by atoms with Gasteiger partial charge in [-0.15, -0.1) is 0 Å². The molecule has 1 aromatic carbocycles. The number of guanidine groups is 1. The molecule has 158 valence electrons. The number of benzene rings is 1. The quantitative estimate of drug-likeness (QED) is 0.435. The molecule has 1 fully saturated rings. The van der Waals surface area contributed by atoms with Gasteiger partial charge in [0.05, 0.1) is 5.56 Å². The van der Waals surface area contributed by atoms with Crippen molar-refractivity contribution in [3.8, 4) is 0 Å². The minimum atomic E-state index is -4.60. The van der Waals surface area contributed by atoms with Crippen molar-refractivity contribution in [1.82, 2.24) is 20.4 Å². The molecule has 1 aromatic rings. The van der Waals surface area contributed by atoms with E-state index in [0.29, 0.717) is 24.5 Å². The van der Waals surface area contributed by atoms with Crippen LogP contribution in [0.25, 0.3) is 0 Å². The smallest absolute Gasteiger partial charge is 0.356 e. The highest BCUT2D eigenvalue weighted by molar-refractivity contribution is 5.79. The van der Waals surface area contributed by atoms with E-state index in [1.165, 1.54) is 0 Å². The summed E-state index contributed by atoms with van der Waals surface area (Å²) < 4.78 is 52.5. The highest BCUT2D eigenvalue weighted by Gasteiger charge is 2.33. The number of piperazine rings is 1. The fraction of sp³-hybridized carbons (Fsp3) is 0.632. The Morgan fingerprint density at radius 2 is 1.86 bits per heavy atom. The van der Waals surface area contributed by atoms with Crippen LogP contribution in [0.5, 0.6) is 0 Å². The van der Waals surface area contributed by atoms with E-state index < -0.39 is 17.6 Å². The van der Waals surface area contributed by atoms with Crippen LogP contribution in [0.3, 0.4) is 0 Å². The molecule has 0 spiro atoms. The van der Waals surface area contributed by atoms with Crippen molar-refractivity contribution in [1.29, 1.82) is 0 Å². The Hall–Kier alpha value is -1.87. The molecule has 0 radical (unpaired) electrons. The third-order valence-corrected chi connectivity index (χ3v) is 4.83. The third kappa shape index (κ3) is 6.94. The highest BCUT2D eigenvalue weighted by Crippen LogP contribution is 2.32. The third-order valence-electron chi connectivity index (χ3n) is 4.83. The summed E-state index contributed by atoms with van der Waals surface area (Å²) in [5, 5.41) is 6.03. The van der Waals surface area contributed by atoms with Crippen molar-refractivity contribution < 1.29 is 17.6 Å². The second-order valence-electron chi connectivity index (χ2n) is 7.31. The van der Waals surface area contributed by atoms with Gasteiger partial charge >= 0.3 is 6.18 Å². The van der Waals surface area contributed by atoms with Gasteiger partial charge in [0.1, 0.15) is 5.82 Å². The molecule has 0 saturated carbocycles. The van der Waals surface area contributed by atoms with E-state index in [2.05, 4.69) is 39.4 Å². The zero-order valence-corrected chi connectivity index (χ0v) is 16.6. The van der Waals surface area contributed by atoms with Gasteiger partial charge in [-0.05, 0) is 30.7 Å². The SMILES string of the molecule is CN=C(NCc1ccc(F)cc1C(F)(F)F)NCC(C)CN1CCN(C)CC1. The Morgan fingerprint density at radius 1 is 1.18 bits per heavy atom. The molecule has 28 heavy (non-hydrogen) atoms. The first-order chi connectivity index (χ1) is 13.2. The summed E-state index contributed by atoms with van der Waals surface area (Å²) in [7, 11) is 3.68. The molecule has 1 aliphatic rings. The monoisotopic (exact) mass is 403 g/mol. The zero-order chi connectivity index (χ0) is 20.7. The van der Waals surface area contributed by atoms with E-state index in [9.17, 15) is 17.6 Å². The number of hydrogen-bond donors (Lipinski definition) is 2. The van der Waals surface area contributed by atoms with Crippen LogP contribution in [0.1, 0.15) is 18.1 Å². The van der Waals surface area contributed by atoms with Crippen LogP contribution in [0.2, 0.25) is 0 Å². The number of hydrogen-bond acceptors (Lipinski definition) is 3. The first-order valence-electron chi connectivity index (χ1n) is 9.40. The van der Waals surface area contributed by atoms with Gasteiger partial charge in [-0.3, -0.25) is 4.99 Å². The molecule has 1 unspecified atom stereocenters. The van der Waals surface area contributed by atoms with E-state index >= 15 is 0 Å². The molecule has 9 heteroatoms. The Morgan fingerprint density at radius 3 is 2.46 bits per heavy atom. The molecular weight excluding hydrogens is 374 g/mol.